The SMILES string of the molecule is C#COP(=O)(OC#C)OCCCCOC(=O)c1ccccc1OC(=O)CC[C@H](NC(=O)c1ccc(NC(=O)c2cnc3nc(N)[nH]c(=O)c3n2)cc1)C(=O)O. The molecule has 0 aliphatic carbocycles. The molecule has 0 saturated heterocycles. The van der Waals surface area contributed by atoms with Crippen molar-refractivity contribution in [2.45, 2.75) is 31.7 Å². The summed E-state index contributed by atoms with van der Waals surface area (Å²) in [5.41, 5.74) is 4.52. The van der Waals surface area contributed by atoms with Crippen molar-refractivity contribution in [3.8, 4) is 30.8 Å². The molecule has 4 aromatic rings. The van der Waals surface area contributed by atoms with Crippen molar-refractivity contribution in [2.75, 3.05) is 24.3 Å². The van der Waals surface area contributed by atoms with E-state index in [0.29, 0.717) is 0 Å². The van der Waals surface area contributed by atoms with Gasteiger partial charge in [0.15, 0.2) is 11.2 Å². The topological polar surface area (TPSA) is 290 Å². The van der Waals surface area contributed by atoms with E-state index in [1.54, 1.807) is 12.2 Å². The lowest BCUT2D eigenvalue weighted by Crippen LogP contribution is -2.41. The number of phosphoric acid groups is 1. The second kappa shape index (κ2) is 19.0. The van der Waals surface area contributed by atoms with Crippen molar-refractivity contribution in [1.29, 1.82) is 0 Å². The number of para-hydroxylation sites is 1. The molecule has 0 unspecified atom stereocenters. The number of nitrogens with two attached hydrogens (primary N) is 1. The lowest BCUT2D eigenvalue weighted by molar-refractivity contribution is -0.140. The third kappa shape index (κ3) is 11.6. The number of carbonyl (C=O) groups excluding carboxylic acids is 4. The lowest BCUT2D eigenvalue weighted by atomic mass is 10.1. The minimum absolute atomic E-state index is 0.0308. The number of hydrogen-bond acceptors (Lipinski definition) is 16. The van der Waals surface area contributed by atoms with Gasteiger partial charge in [0.2, 0.25) is 5.95 Å². The summed E-state index contributed by atoms with van der Waals surface area (Å²) >= 11 is 0. The maximum Gasteiger partial charge on any atom is 0.604 e. The summed E-state index contributed by atoms with van der Waals surface area (Å²) in [6, 6.07) is 9.55. The average molecular weight is 776 g/mol. The molecule has 20 nitrogen and oxygen atoms in total. The number of aliphatic carboxylic acids is 1. The molecule has 2 aromatic heterocycles. The summed E-state index contributed by atoms with van der Waals surface area (Å²) in [4.78, 5) is 88.9. The first-order chi connectivity index (χ1) is 26.3. The Hall–Kier alpha value is -7.28. The molecule has 0 fully saturated rings. The van der Waals surface area contributed by atoms with Crippen LogP contribution in [0, 0.1) is 25.1 Å². The van der Waals surface area contributed by atoms with Crippen LogP contribution in [0.25, 0.3) is 11.2 Å². The number of rotatable bonds is 18. The van der Waals surface area contributed by atoms with E-state index in [1.165, 1.54) is 48.5 Å². The normalized spacial score (nSPS) is 11.2. The lowest BCUT2D eigenvalue weighted by Gasteiger charge is -2.15. The van der Waals surface area contributed by atoms with Crippen molar-refractivity contribution in [3.05, 3.63) is 81.9 Å². The number of carboxylic acids is 1. The summed E-state index contributed by atoms with van der Waals surface area (Å²) < 4.78 is 36.4. The molecule has 0 aliphatic heterocycles. The van der Waals surface area contributed by atoms with Gasteiger partial charge < -0.3 is 40.0 Å². The number of benzene rings is 2. The molecular weight excluding hydrogens is 745 g/mol. The Bertz CT molecular complexity index is 2260. The van der Waals surface area contributed by atoms with Crippen molar-refractivity contribution in [1.82, 2.24) is 25.3 Å². The maximum absolute atomic E-state index is 12.9. The van der Waals surface area contributed by atoms with E-state index in [1.807, 2.05) is 0 Å². The number of hydrogen-bond donors (Lipinski definition) is 5. The molecule has 284 valence electrons. The number of nitrogen functional groups attached to an aromatic ring is 1. The Morgan fingerprint density at radius 3 is 2.35 bits per heavy atom. The van der Waals surface area contributed by atoms with Crippen LogP contribution in [0.5, 0.6) is 5.75 Å². The van der Waals surface area contributed by atoms with Gasteiger partial charge in [-0.05, 0) is 55.7 Å². The number of carboxylic acid groups (broad SMARTS) is 1. The highest BCUT2D eigenvalue weighted by Crippen LogP contribution is 2.48. The van der Waals surface area contributed by atoms with Gasteiger partial charge in [-0.1, -0.05) is 25.0 Å². The Morgan fingerprint density at radius 1 is 0.964 bits per heavy atom. The van der Waals surface area contributed by atoms with Crippen LogP contribution >= 0.6 is 7.82 Å². The van der Waals surface area contributed by atoms with E-state index in [0.717, 1.165) is 6.20 Å². The van der Waals surface area contributed by atoms with Crippen molar-refractivity contribution in [3.63, 3.8) is 0 Å². The van der Waals surface area contributed by atoms with Crippen molar-refractivity contribution in [2.24, 2.45) is 0 Å². The van der Waals surface area contributed by atoms with Crippen LogP contribution < -0.4 is 26.7 Å². The second-order valence-corrected chi connectivity index (χ2v) is 12.3. The van der Waals surface area contributed by atoms with E-state index in [4.69, 9.17) is 32.6 Å². The quantitative estimate of drug-likeness (QED) is 0.0319. The van der Waals surface area contributed by atoms with Crippen molar-refractivity contribution < 1.29 is 56.7 Å². The molecule has 4 rings (SSSR count). The third-order valence-corrected chi connectivity index (χ3v) is 8.15. The summed E-state index contributed by atoms with van der Waals surface area (Å²) in [7, 11) is -4.12. The molecule has 1 atom stereocenters. The molecule has 2 heterocycles. The van der Waals surface area contributed by atoms with Crippen LogP contribution in [0.2, 0.25) is 0 Å². The zero-order valence-corrected chi connectivity index (χ0v) is 29.3. The number of unbranched alkanes of at least 4 members (excludes halogenated alkanes) is 1. The highest BCUT2D eigenvalue weighted by Gasteiger charge is 2.28. The van der Waals surface area contributed by atoms with Crippen LogP contribution in [0.1, 0.15) is 56.9 Å². The van der Waals surface area contributed by atoms with E-state index in [2.05, 4.69) is 39.6 Å². The number of ether oxygens (including phenoxy) is 2. The number of aromatic amines is 1. The Balaban J connectivity index is 1.25. The molecule has 0 aliphatic rings. The van der Waals surface area contributed by atoms with Gasteiger partial charge in [-0.15, -0.1) is 0 Å². The predicted molar refractivity (Wildman–Crippen MR) is 190 cm³/mol. The zero-order valence-electron chi connectivity index (χ0n) is 28.4. The van der Waals surface area contributed by atoms with Gasteiger partial charge in [0, 0.05) is 17.7 Å². The Kier molecular flexibility index (Phi) is 14.0. The van der Waals surface area contributed by atoms with E-state index in [9.17, 15) is 38.4 Å². The number of anilines is 2. The maximum atomic E-state index is 12.9. The van der Waals surface area contributed by atoms with Gasteiger partial charge in [0.25, 0.3) is 17.4 Å². The highest BCUT2D eigenvalue weighted by atomic mass is 31.2. The van der Waals surface area contributed by atoms with Crippen LogP contribution in [-0.4, -0.2) is 74.0 Å². The summed E-state index contributed by atoms with van der Waals surface area (Å²) in [5.74, 6) is -4.98. The molecule has 55 heavy (non-hydrogen) atoms. The summed E-state index contributed by atoms with van der Waals surface area (Å²) in [6.07, 6.45) is 13.9. The molecule has 0 saturated carbocycles. The van der Waals surface area contributed by atoms with E-state index in [-0.39, 0.29) is 77.8 Å². The second-order valence-electron chi connectivity index (χ2n) is 10.8. The molecule has 2 aromatic carbocycles. The third-order valence-electron chi connectivity index (χ3n) is 7.00. The molecule has 0 spiro atoms. The van der Waals surface area contributed by atoms with Gasteiger partial charge in [-0.25, -0.2) is 24.1 Å². The molecule has 2 amide bonds. The number of H-pyrrole nitrogens is 1. The number of carbonyl (C=O) groups is 5. The van der Waals surface area contributed by atoms with E-state index < -0.39 is 55.6 Å². The first-order valence-corrected chi connectivity index (χ1v) is 17.3. The number of fused-ring (bicyclic) bond motifs is 1. The number of esters is 2. The smallest absolute Gasteiger partial charge is 0.480 e. The molecule has 21 heteroatoms. The van der Waals surface area contributed by atoms with Crippen molar-refractivity contribution >= 4 is 60.3 Å². The molecule has 0 radical (unpaired) electrons. The minimum atomic E-state index is -4.12. The Labute approximate surface area is 310 Å². The van der Waals surface area contributed by atoms with Gasteiger partial charge in [-0.3, -0.25) is 28.7 Å². The number of amides is 2. The number of phosphoric ester groups is 1. The minimum Gasteiger partial charge on any atom is -0.480 e. The molecule has 0 bridgehead atoms. The van der Waals surface area contributed by atoms with Gasteiger partial charge in [0.05, 0.1) is 19.4 Å². The Morgan fingerprint density at radius 2 is 1.65 bits per heavy atom. The first kappa shape index (κ1) is 40.5. The largest absolute Gasteiger partial charge is 0.604 e. The van der Waals surface area contributed by atoms with Gasteiger partial charge in [0.1, 0.15) is 35.3 Å². The van der Waals surface area contributed by atoms with Crippen LogP contribution in [0.15, 0.2) is 59.5 Å². The number of aromatic nitrogens is 4. The monoisotopic (exact) mass is 775 g/mol. The summed E-state index contributed by atoms with van der Waals surface area (Å²) in [5, 5.41) is 14.6. The standard InChI is InChI=1S/C34H30N7O13P/c1-3-51-55(49,52-4-2)53-18-8-7-17-50-33(48)22-9-5-6-10-25(22)54-26(42)16-15-23(32(46)47)39-29(43)20-11-13-21(14-12-20)37-30(44)24-19-36-28-27(38-24)31(45)41-34(35)40-28/h1-2,5-6,9-14,19,23H,7-8,15-18H2,(H,37,44)(H,39,43)(H,46,47)(H3,35,36,40,41,45)/t23-/m0/s1. The van der Waals surface area contributed by atoms with E-state index >= 15 is 0 Å². The summed E-state index contributed by atoms with van der Waals surface area (Å²) in [6.45, 7) is -0.252. The highest BCUT2D eigenvalue weighted by molar-refractivity contribution is 7.48. The number of terminal acetylenes is 2. The predicted octanol–water partition coefficient (Wildman–Crippen LogP) is 2.39. The average Bonchev–Trinajstić information content (AvgIpc) is 3.15. The number of nitrogens with zero attached hydrogens (tertiary/aromatic N) is 3. The van der Waals surface area contributed by atoms with Crippen LogP contribution in [-0.2, 0) is 32.5 Å². The van der Waals surface area contributed by atoms with Gasteiger partial charge in [-0.2, -0.15) is 4.98 Å². The first-order valence-electron chi connectivity index (χ1n) is 15.8. The fourth-order valence-corrected chi connectivity index (χ4v) is 5.18. The fourth-order valence-electron chi connectivity index (χ4n) is 4.43. The van der Waals surface area contributed by atoms with Crippen LogP contribution in [0.3, 0.4) is 0 Å². The zero-order chi connectivity index (χ0) is 40.0. The number of nitrogens with one attached hydrogen (secondary N) is 3. The fraction of sp³-hybridized carbons (Fsp3) is 0.206. The van der Waals surface area contributed by atoms with Gasteiger partial charge >= 0.3 is 25.7 Å². The molecule has 6 N–H and O–H groups in total. The van der Waals surface area contributed by atoms with Crippen LogP contribution in [0.4, 0.5) is 11.6 Å². The molecular formula is C34H30N7O13P.